The van der Waals surface area contributed by atoms with Crippen LogP contribution >= 0.6 is 0 Å². The molecule has 0 saturated carbocycles. The maximum absolute atomic E-state index is 12.5. The lowest BCUT2D eigenvalue weighted by atomic mass is 10.1. The van der Waals surface area contributed by atoms with Crippen LogP contribution in [0.5, 0.6) is 0 Å². The van der Waals surface area contributed by atoms with E-state index >= 15 is 0 Å². The zero-order valence-corrected chi connectivity index (χ0v) is 16.1. The molecule has 0 unspecified atom stereocenters. The van der Waals surface area contributed by atoms with Crippen molar-refractivity contribution >= 4 is 5.96 Å². The molecule has 2 N–H and O–H groups in total. The topological polar surface area (TPSA) is 57.5 Å². The molecule has 1 fully saturated rings. The van der Waals surface area contributed by atoms with Gasteiger partial charge >= 0.3 is 0 Å². The minimum absolute atomic E-state index is 0.126. The molecule has 1 aromatic heterocycles. The van der Waals surface area contributed by atoms with Gasteiger partial charge in [0.2, 0.25) is 0 Å². The zero-order valence-electron chi connectivity index (χ0n) is 16.1. The Kier molecular flexibility index (Phi) is 8.28. The van der Waals surface area contributed by atoms with Crippen molar-refractivity contribution in [3.63, 3.8) is 0 Å². The van der Waals surface area contributed by atoms with Gasteiger partial charge in [0.05, 0.1) is 6.54 Å². The summed E-state index contributed by atoms with van der Waals surface area (Å²) in [4.78, 5) is 10.9. The quantitative estimate of drug-likeness (QED) is 0.545. The van der Waals surface area contributed by atoms with E-state index in [9.17, 15) is 8.78 Å². The number of imidazole rings is 1. The molecule has 1 aromatic rings. The van der Waals surface area contributed by atoms with Crippen LogP contribution in [-0.2, 0) is 13.1 Å². The molecule has 0 atom stereocenters. The SMILES string of the molecule is CCNC(=NCc1nccn1CC(C)C)NC1CCN(CC(F)F)CC1. The first-order valence-electron chi connectivity index (χ1n) is 9.53. The average Bonchev–Trinajstić information content (AvgIpc) is 3.00. The number of hydrogen-bond acceptors (Lipinski definition) is 3. The highest BCUT2D eigenvalue weighted by atomic mass is 19.3. The third-order valence-electron chi connectivity index (χ3n) is 4.41. The van der Waals surface area contributed by atoms with Gasteiger partial charge in [0.25, 0.3) is 6.43 Å². The predicted molar refractivity (Wildman–Crippen MR) is 100 cm³/mol. The van der Waals surface area contributed by atoms with Crippen molar-refractivity contribution < 1.29 is 8.78 Å². The number of aliphatic imine (C=N–C) groups is 1. The minimum Gasteiger partial charge on any atom is -0.357 e. The second-order valence-electron chi connectivity index (χ2n) is 7.20. The lowest BCUT2D eigenvalue weighted by Gasteiger charge is -2.32. The largest absolute Gasteiger partial charge is 0.357 e. The molecular weight excluding hydrogens is 338 g/mol. The highest BCUT2D eigenvalue weighted by molar-refractivity contribution is 5.80. The Morgan fingerprint density at radius 3 is 2.65 bits per heavy atom. The molecule has 26 heavy (non-hydrogen) atoms. The van der Waals surface area contributed by atoms with Gasteiger partial charge in [-0.15, -0.1) is 0 Å². The van der Waals surface area contributed by atoms with E-state index in [4.69, 9.17) is 0 Å². The van der Waals surface area contributed by atoms with Gasteiger partial charge in [0.15, 0.2) is 5.96 Å². The molecule has 0 aliphatic carbocycles. The van der Waals surface area contributed by atoms with Gasteiger partial charge in [0, 0.05) is 44.6 Å². The van der Waals surface area contributed by atoms with E-state index in [0.29, 0.717) is 25.6 Å². The summed E-state index contributed by atoms with van der Waals surface area (Å²) in [6.07, 6.45) is 3.24. The van der Waals surface area contributed by atoms with Crippen LogP contribution in [0.2, 0.25) is 0 Å². The van der Waals surface area contributed by atoms with E-state index in [1.165, 1.54) is 0 Å². The fourth-order valence-electron chi connectivity index (χ4n) is 3.17. The van der Waals surface area contributed by atoms with Crippen molar-refractivity contribution in [1.29, 1.82) is 0 Å². The Hall–Kier alpha value is -1.70. The first kappa shape index (κ1) is 20.6. The standard InChI is InChI=1S/C18H32F2N6/c1-4-21-18(23-11-17-22-7-10-26(17)12-14(2)3)24-15-5-8-25(9-6-15)13-16(19)20/h7,10,14-16H,4-6,8-9,11-13H2,1-3H3,(H2,21,23,24). The van der Waals surface area contributed by atoms with Gasteiger partial charge in [0.1, 0.15) is 12.4 Å². The molecule has 8 heteroatoms. The van der Waals surface area contributed by atoms with Crippen molar-refractivity contribution in [3.05, 3.63) is 18.2 Å². The minimum atomic E-state index is -2.26. The van der Waals surface area contributed by atoms with E-state index in [2.05, 4.69) is 39.0 Å². The van der Waals surface area contributed by atoms with E-state index < -0.39 is 6.43 Å². The Morgan fingerprint density at radius 1 is 1.31 bits per heavy atom. The van der Waals surface area contributed by atoms with Crippen LogP contribution in [0, 0.1) is 5.92 Å². The number of nitrogens with zero attached hydrogens (tertiary/aromatic N) is 4. The van der Waals surface area contributed by atoms with Crippen molar-refractivity contribution in [2.75, 3.05) is 26.2 Å². The first-order valence-corrected chi connectivity index (χ1v) is 9.53. The first-order chi connectivity index (χ1) is 12.5. The average molecular weight is 370 g/mol. The molecule has 148 valence electrons. The van der Waals surface area contributed by atoms with Crippen molar-refractivity contribution in [1.82, 2.24) is 25.1 Å². The smallest absolute Gasteiger partial charge is 0.251 e. The fraction of sp³-hybridized carbons (Fsp3) is 0.778. The number of guanidine groups is 1. The van der Waals surface area contributed by atoms with Gasteiger partial charge < -0.3 is 15.2 Å². The molecule has 1 aliphatic heterocycles. The van der Waals surface area contributed by atoms with Gasteiger partial charge in [-0.2, -0.15) is 0 Å². The van der Waals surface area contributed by atoms with Crippen LogP contribution in [0.25, 0.3) is 0 Å². The Labute approximate surface area is 155 Å². The lowest BCUT2D eigenvalue weighted by Crippen LogP contribution is -2.49. The third-order valence-corrected chi connectivity index (χ3v) is 4.41. The van der Waals surface area contributed by atoms with Gasteiger partial charge in [-0.25, -0.2) is 18.8 Å². The molecule has 1 aliphatic rings. The molecule has 1 saturated heterocycles. The van der Waals surface area contributed by atoms with Gasteiger partial charge in [-0.1, -0.05) is 13.8 Å². The summed E-state index contributed by atoms with van der Waals surface area (Å²) < 4.78 is 27.1. The second kappa shape index (κ2) is 10.4. The summed E-state index contributed by atoms with van der Waals surface area (Å²) in [6.45, 7) is 9.87. The summed E-state index contributed by atoms with van der Waals surface area (Å²) in [5.74, 6) is 2.26. The number of aromatic nitrogens is 2. The maximum Gasteiger partial charge on any atom is 0.251 e. The molecule has 2 heterocycles. The van der Waals surface area contributed by atoms with Crippen LogP contribution in [0.3, 0.4) is 0 Å². The molecule has 2 rings (SSSR count). The second-order valence-corrected chi connectivity index (χ2v) is 7.20. The number of alkyl halides is 2. The number of halogens is 2. The summed E-state index contributed by atoms with van der Waals surface area (Å²) >= 11 is 0. The summed E-state index contributed by atoms with van der Waals surface area (Å²) in [7, 11) is 0. The van der Waals surface area contributed by atoms with Gasteiger partial charge in [-0.05, 0) is 25.7 Å². The zero-order chi connectivity index (χ0) is 18.9. The summed E-state index contributed by atoms with van der Waals surface area (Å²) in [5, 5.41) is 6.71. The molecule has 0 spiro atoms. The number of likely N-dealkylation sites (tertiary alicyclic amines) is 1. The highest BCUT2D eigenvalue weighted by Gasteiger charge is 2.22. The van der Waals surface area contributed by atoms with E-state index in [0.717, 1.165) is 37.7 Å². The number of hydrogen-bond donors (Lipinski definition) is 2. The van der Waals surface area contributed by atoms with Crippen molar-refractivity contribution in [2.45, 2.75) is 59.2 Å². The Morgan fingerprint density at radius 2 is 2.04 bits per heavy atom. The molecule has 0 aromatic carbocycles. The van der Waals surface area contributed by atoms with E-state index in [-0.39, 0.29) is 12.6 Å². The number of piperidine rings is 1. The van der Waals surface area contributed by atoms with Crippen LogP contribution in [0.4, 0.5) is 8.78 Å². The molecular formula is C18H32F2N6. The van der Waals surface area contributed by atoms with Gasteiger partial charge in [-0.3, -0.25) is 4.90 Å². The molecule has 0 amide bonds. The third kappa shape index (κ3) is 6.90. The summed E-state index contributed by atoms with van der Waals surface area (Å²) in [5.41, 5.74) is 0. The van der Waals surface area contributed by atoms with E-state index in [1.807, 2.05) is 24.2 Å². The van der Waals surface area contributed by atoms with Crippen LogP contribution in [0.15, 0.2) is 17.4 Å². The van der Waals surface area contributed by atoms with E-state index in [1.54, 1.807) is 0 Å². The van der Waals surface area contributed by atoms with Crippen molar-refractivity contribution in [3.8, 4) is 0 Å². The van der Waals surface area contributed by atoms with Crippen molar-refractivity contribution in [2.24, 2.45) is 10.9 Å². The molecule has 6 nitrogen and oxygen atoms in total. The lowest BCUT2D eigenvalue weighted by molar-refractivity contribution is 0.0744. The predicted octanol–water partition coefficient (Wildman–Crippen LogP) is 2.32. The highest BCUT2D eigenvalue weighted by Crippen LogP contribution is 2.12. The summed E-state index contributed by atoms with van der Waals surface area (Å²) in [6, 6.07) is 0.261. The Bertz CT molecular complexity index is 550. The van der Waals surface area contributed by atoms with Crippen LogP contribution in [-0.4, -0.2) is 59.1 Å². The molecule has 0 bridgehead atoms. The number of nitrogens with one attached hydrogen (secondary N) is 2. The monoisotopic (exact) mass is 370 g/mol. The normalized spacial score (nSPS) is 17.3. The fourth-order valence-corrected chi connectivity index (χ4v) is 3.17. The van der Waals surface area contributed by atoms with Crippen LogP contribution < -0.4 is 10.6 Å². The number of rotatable bonds is 8. The van der Waals surface area contributed by atoms with Crippen LogP contribution in [0.1, 0.15) is 39.4 Å². The Balaban J connectivity index is 1.88. The molecule has 0 radical (unpaired) electrons. The maximum atomic E-state index is 12.5.